The highest BCUT2D eigenvalue weighted by Gasteiger charge is 2.23. The van der Waals surface area contributed by atoms with Crippen molar-refractivity contribution in [3.05, 3.63) is 23.3 Å². The van der Waals surface area contributed by atoms with E-state index in [-0.39, 0.29) is 12.1 Å². The fraction of sp³-hybridized carbons (Fsp3) is 0.583. The number of aliphatic imine (C=N–C) groups is 1. The summed E-state index contributed by atoms with van der Waals surface area (Å²) in [4.78, 5) is 4.03. The second-order valence-corrected chi connectivity index (χ2v) is 4.42. The quantitative estimate of drug-likeness (QED) is 0.392. The van der Waals surface area contributed by atoms with Crippen molar-refractivity contribution in [3.8, 4) is 0 Å². The van der Waals surface area contributed by atoms with E-state index in [1.807, 2.05) is 6.92 Å². The molecule has 17 heavy (non-hydrogen) atoms. The normalized spacial score (nSPS) is 24.5. The SMILES string of the molecule is C=C1CCNC/C1=C(\C(N)=N/C)C(N)C(C)N. The fourth-order valence-corrected chi connectivity index (χ4v) is 1.92. The molecule has 0 radical (unpaired) electrons. The first kappa shape index (κ1) is 13.9. The van der Waals surface area contributed by atoms with Crippen LogP contribution in [0, 0.1) is 0 Å². The summed E-state index contributed by atoms with van der Waals surface area (Å²) in [6.45, 7) is 7.60. The minimum absolute atomic E-state index is 0.174. The number of piperidine rings is 1. The number of nitrogens with zero attached hydrogens (tertiary/aromatic N) is 1. The van der Waals surface area contributed by atoms with Gasteiger partial charge in [-0.3, -0.25) is 4.99 Å². The van der Waals surface area contributed by atoms with Crippen molar-refractivity contribution < 1.29 is 0 Å². The Kier molecular flexibility index (Phi) is 4.86. The van der Waals surface area contributed by atoms with Crippen molar-refractivity contribution in [2.45, 2.75) is 25.4 Å². The van der Waals surface area contributed by atoms with Crippen molar-refractivity contribution >= 4 is 5.84 Å². The highest BCUT2D eigenvalue weighted by Crippen LogP contribution is 2.21. The maximum Gasteiger partial charge on any atom is 0.123 e. The van der Waals surface area contributed by atoms with Gasteiger partial charge in [0.2, 0.25) is 0 Å². The lowest BCUT2D eigenvalue weighted by Crippen LogP contribution is -2.46. The molecule has 0 aromatic rings. The number of amidine groups is 1. The maximum absolute atomic E-state index is 6.12. The van der Waals surface area contributed by atoms with Crippen molar-refractivity contribution in [2.24, 2.45) is 22.2 Å². The molecule has 5 nitrogen and oxygen atoms in total. The zero-order chi connectivity index (χ0) is 13.0. The fourth-order valence-electron chi connectivity index (χ4n) is 1.92. The van der Waals surface area contributed by atoms with Crippen LogP contribution in [0.5, 0.6) is 0 Å². The van der Waals surface area contributed by atoms with Gasteiger partial charge in [0.25, 0.3) is 0 Å². The average Bonchev–Trinajstić information content (AvgIpc) is 2.31. The minimum Gasteiger partial charge on any atom is -0.384 e. The number of hydrogen-bond acceptors (Lipinski definition) is 4. The van der Waals surface area contributed by atoms with Crippen molar-refractivity contribution in [1.82, 2.24) is 5.32 Å². The van der Waals surface area contributed by atoms with E-state index >= 15 is 0 Å². The van der Waals surface area contributed by atoms with Crippen LogP contribution in [0.15, 0.2) is 28.3 Å². The summed E-state index contributed by atoms with van der Waals surface area (Å²) >= 11 is 0. The molecule has 1 rings (SSSR count). The lowest BCUT2D eigenvalue weighted by Gasteiger charge is -2.27. The monoisotopic (exact) mass is 237 g/mol. The second kappa shape index (κ2) is 5.95. The van der Waals surface area contributed by atoms with Gasteiger partial charge in [-0.1, -0.05) is 6.58 Å². The van der Waals surface area contributed by atoms with E-state index in [0.717, 1.165) is 36.2 Å². The summed E-state index contributed by atoms with van der Waals surface area (Å²) < 4.78 is 0. The minimum atomic E-state index is -0.314. The molecule has 1 saturated heterocycles. The van der Waals surface area contributed by atoms with E-state index in [1.165, 1.54) is 0 Å². The van der Waals surface area contributed by atoms with Crippen LogP contribution in [0.4, 0.5) is 0 Å². The standard InChI is InChI=1S/C12H23N5/c1-7-4-5-17-6-9(7)10(12(15)16-3)11(14)8(2)13/h8,11,17H,1,4-6,13-14H2,2-3H3,(H2,15,16)/b10-9+. The van der Waals surface area contributed by atoms with Gasteiger partial charge in [0.1, 0.15) is 5.84 Å². The Labute approximate surface area is 103 Å². The molecule has 0 aromatic heterocycles. The number of nitrogens with two attached hydrogens (primary N) is 3. The van der Waals surface area contributed by atoms with Crippen molar-refractivity contribution in [2.75, 3.05) is 20.1 Å². The molecule has 0 saturated carbocycles. The van der Waals surface area contributed by atoms with Gasteiger partial charge in [-0.2, -0.15) is 0 Å². The Morgan fingerprint density at radius 2 is 2.12 bits per heavy atom. The Morgan fingerprint density at radius 1 is 1.47 bits per heavy atom. The van der Waals surface area contributed by atoms with Crippen LogP contribution in [0.2, 0.25) is 0 Å². The molecule has 0 aliphatic carbocycles. The summed E-state index contributed by atoms with van der Waals surface area (Å²) in [5.41, 5.74) is 20.9. The van der Waals surface area contributed by atoms with Crippen molar-refractivity contribution in [1.29, 1.82) is 0 Å². The van der Waals surface area contributed by atoms with Crippen LogP contribution in [-0.4, -0.2) is 38.1 Å². The van der Waals surface area contributed by atoms with Crippen LogP contribution < -0.4 is 22.5 Å². The highest BCUT2D eigenvalue weighted by molar-refractivity contribution is 5.99. The van der Waals surface area contributed by atoms with Gasteiger partial charge in [-0.15, -0.1) is 0 Å². The van der Waals surface area contributed by atoms with Crippen LogP contribution in [0.3, 0.4) is 0 Å². The lowest BCUT2D eigenvalue weighted by molar-refractivity contribution is 0.618. The Balaban J connectivity index is 3.20. The molecule has 0 aromatic carbocycles. The smallest absolute Gasteiger partial charge is 0.123 e. The van der Waals surface area contributed by atoms with Gasteiger partial charge in [0.05, 0.1) is 0 Å². The topological polar surface area (TPSA) is 102 Å². The van der Waals surface area contributed by atoms with Crippen molar-refractivity contribution in [3.63, 3.8) is 0 Å². The average molecular weight is 237 g/mol. The third-order valence-corrected chi connectivity index (χ3v) is 3.07. The van der Waals surface area contributed by atoms with Crippen LogP contribution >= 0.6 is 0 Å². The van der Waals surface area contributed by atoms with Crippen LogP contribution in [-0.2, 0) is 0 Å². The molecule has 96 valence electrons. The molecule has 2 unspecified atom stereocenters. The Bertz CT molecular complexity index is 354. The molecule has 1 fully saturated rings. The van der Waals surface area contributed by atoms with Gasteiger partial charge in [-0.25, -0.2) is 0 Å². The number of nitrogens with one attached hydrogen (secondary N) is 1. The predicted octanol–water partition coefficient (Wildman–Crippen LogP) is -0.506. The van der Waals surface area contributed by atoms with E-state index in [4.69, 9.17) is 17.2 Å². The summed E-state index contributed by atoms with van der Waals surface area (Å²) in [5, 5.41) is 3.29. The third-order valence-electron chi connectivity index (χ3n) is 3.07. The lowest BCUT2D eigenvalue weighted by atomic mass is 9.89. The largest absolute Gasteiger partial charge is 0.384 e. The molecule has 1 aliphatic rings. The van der Waals surface area contributed by atoms with Gasteiger partial charge in [-0.05, 0) is 31.0 Å². The third kappa shape index (κ3) is 3.15. The zero-order valence-corrected chi connectivity index (χ0v) is 10.7. The number of rotatable bonds is 3. The molecule has 2 atom stereocenters. The van der Waals surface area contributed by atoms with Gasteiger partial charge in [0, 0.05) is 31.2 Å². The molecular formula is C12H23N5. The molecular weight excluding hydrogens is 214 g/mol. The van der Waals surface area contributed by atoms with E-state index in [0.29, 0.717) is 5.84 Å². The Morgan fingerprint density at radius 3 is 2.59 bits per heavy atom. The maximum atomic E-state index is 6.12. The first-order chi connectivity index (χ1) is 7.99. The van der Waals surface area contributed by atoms with Gasteiger partial charge in [0.15, 0.2) is 0 Å². The van der Waals surface area contributed by atoms with Gasteiger partial charge < -0.3 is 22.5 Å². The van der Waals surface area contributed by atoms with E-state index < -0.39 is 0 Å². The molecule has 0 spiro atoms. The summed E-state index contributed by atoms with van der Waals surface area (Å²) in [6, 6.07) is -0.488. The second-order valence-electron chi connectivity index (χ2n) is 4.42. The van der Waals surface area contributed by atoms with Crippen LogP contribution in [0.25, 0.3) is 0 Å². The summed E-state index contributed by atoms with van der Waals surface area (Å²) in [7, 11) is 1.66. The first-order valence-electron chi connectivity index (χ1n) is 5.84. The zero-order valence-electron chi connectivity index (χ0n) is 10.7. The molecule has 0 amide bonds. The summed E-state index contributed by atoms with van der Waals surface area (Å²) in [6.07, 6.45) is 0.904. The highest BCUT2D eigenvalue weighted by atomic mass is 14.9. The predicted molar refractivity (Wildman–Crippen MR) is 72.8 cm³/mol. The molecule has 1 aliphatic heterocycles. The molecule has 0 bridgehead atoms. The first-order valence-corrected chi connectivity index (χ1v) is 5.84. The molecule has 1 heterocycles. The molecule has 7 N–H and O–H groups in total. The van der Waals surface area contributed by atoms with E-state index in [1.54, 1.807) is 7.05 Å². The summed E-state index contributed by atoms with van der Waals surface area (Å²) in [5.74, 6) is 0.453. The van der Waals surface area contributed by atoms with E-state index in [9.17, 15) is 0 Å². The van der Waals surface area contributed by atoms with E-state index in [2.05, 4.69) is 16.9 Å². The Hall–Kier alpha value is -1.17. The van der Waals surface area contributed by atoms with Crippen LogP contribution in [0.1, 0.15) is 13.3 Å². The molecule has 5 heteroatoms. The number of hydrogen-bond donors (Lipinski definition) is 4. The van der Waals surface area contributed by atoms with Gasteiger partial charge >= 0.3 is 0 Å².